The largest absolute Gasteiger partial charge is 0.355 e. The van der Waals surface area contributed by atoms with Gasteiger partial charge in [-0.25, -0.2) is 0 Å². The summed E-state index contributed by atoms with van der Waals surface area (Å²) in [5.74, 6) is 0.119. The van der Waals surface area contributed by atoms with Gasteiger partial charge in [-0.2, -0.15) is 5.10 Å². The van der Waals surface area contributed by atoms with Crippen molar-refractivity contribution < 1.29 is 4.79 Å². The van der Waals surface area contributed by atoms with Gasteiger partial charge in [0.1, 0.15) is 0 Å². The Morgan fingerprint density at radius 1 is 1.35 bits per heavy atom. The number of carbonyl (C=O) groups excluding carboxylic acids is 1. The maximum absolute atomic E-state index is 12.5. The molecule has 0 saturated heterocycles. The number of nitrogens with zero attached hydrogens (tertiary/aromatic N) is 2. The van der Waals surface area contributed by atoms with Crippen LogP contribution in [-0.4, -0.2) is 22.2 Å². The van der Waals surface area contributed by atoms with Crippen molar-refractivity contribution in [3.63, 3.8) is 0 Å². The van der Waals surface area contributed by atoms with E-state index in [-0.39, 0.29) is 11.3 Å². The van der Waals surface area contributed by atoms with Crippen molar-refractivity contribution >= 4 is 17.5 Å². The third-order valence-electron chi connectivity index (χ3n) is 4.50. The molecule has 1 saturated carbocycles. The summed E-state index contributed by atoms with van der Waals surface area (Å²) in [5, 5.41) is 8.20. The summed E-state index contributed by atoms with van der Waals surface area (Å²) in [4.78, 5) is 12.5. The second-order valence-electron chi connectivity index (χ2n) is 6.35. The molecule has 1 heterocycles. The maximum atomic E-state index is 12.5. The highest BCUT2D eigenvalue weighted by molar-refractivity contribution is 6.30. The Balaban J connectivity index is 1.53. The second kappa shape index (κ2) is 6.36. The fraction of sp³-hybridized carbons (Fsp3) is 0.444. The molecule has 0 atom stereocenters. The summed E-state index contributed by atoms with van der Waals surface area (Å²) < 4.78 is 1.99. The number of nitrogens with one attached hydrogen (secondary N) is 1. The SMILES string of the molecule is Cc1cc(C)n(CCCNC(=O)C2(c3cccc(Cl)c3)CC2)n1. The fourth-order valence-corrected chi connectivity index (χ4v) is 3.25. The van der Waals surface area contributed by atoms with Gasteiger partial charge in [0, 0.05) is 23.8 Å². The van der Waals surface area contributed by atoms with E-state index in [0.29, 0.717) is 11.6 Å². The second-order valence-corrected chi connectivity index (χ2v) is 6.79. The van der Waals surface area contributed by atoms with Gasteiger partial charge < -0.3 is 5.32 Å². The Labute approximate surface area is 141 Å². The third-order valence-corrected chi connectivity index (χ3v) is 4.73. The highest BCUT2D eigenvalue weighted by atomic mass is 35.5. The van der Waals surface area contributed by atoms with E-state index in [4.69, 9.17) is 11.6 Å². The van der Waals surface area contributed by atoms with Crippen LogP contribution in [0.4, 0.5) is 0 Å². The first-order valence-electron chi connectivity index (χ1n) is 8.07. The normalized spacial score (nSPS) is 15.4. The Kier molecular flexibility index (Phi) is 4.44. The van der Waals surface area contributed by atoms with Crippen LogP contribution in [0, 0.1) is 13.8 Å². The van der Waals surface area contributed by atoms with Gasteiger partial charge in [-0.1, -0.05) is 23.7 Å². The van der Waals surface area contributed by atoms with Crippen molar-refractivity contribution in [2.45, 2.75) is 45.1 Å². The first-order valence-corrected chi connectivity index (χ1v) is 8.44. The van der Waals surface area contributed by atoms with Gasteiger partial charge in [-0.15, -0.1) is 0 Å². The fourth-order valence-electron chi connectivity index (χ4n) is 3.06. The van der Waals surface area contributed by atoms with E-state index in [1.807, 2.05) is 35.9 Å². The minimum atomic E-state index is -0.358. The lowest BCUT2D eigenvalue weighted by Crippen LogP contribution is -2.35. The molecule has 1 aliphatic carbocycles. The molecule has 1 N–H and O–H groups in total. The molecule has 1 aliphatic rings. The topological polar surface area (TPSA) is 46.9 Å². The lowest BCUT2D eigenvalue weighted by molar-refractivity contribution is -0.123. The first kappa shape index (κ1) is 16.1. The van der Waals surface area contributed by atoms with Crippen LogP contribution in [0.1, 0.15) is 36.2 Å². The number of hydrogen-bond acceptors (Lipinski definition) is 2. The van der Waals surface area contributed by atoms with Crippen LogP contribution in [0.25, 0.3) is 0 Å². The average Bonchev–Trinajstić information content (AvgIpc) is 3.25. The number of rotatable bonds is 6. The lowest BCUT2D eigenvalue weighted by Gasteiger charge is -2.16. The molecule has 3 rings (SSSR count). The summed E-state index contributed by atoms with van der Waals surface area (Å²) in [5.41, 5.74) is 2.86. The molecular formula is C18H22ClN3O. The van der Waals surface area contributed by atoms with Crippen LogP contribution >= 0.6 is 11.6 Å². The molecule has 1 amide bonds. The Morgan fingerprint density at radius 2 is 2.13 bits per heavy atom. The standard InChI is InChI=1S/C18H22ClN3O/c1-13-11-14(2)22(21-13)10-4-9-20-17(23)18(7-8-18)15-5-3-6-16(19)12-15/h3,5-6,11-12H,4,7-10H2,1-2H3,(H,20,23). The molecule has 0 bridgehead atoms. The number of benzene rings is 1. The van der Waals surface area contributed by atoms with E-state index < -0.39 is 0 Å². The van der Waals surface area contributed by atoms with Gasteiger partial charge >= 0.3 is 0 Å². The zero-order valence-electron chi connectivity index (χ0n) is 13.6. The number of amides is 1. The van der Waals surface area contributed by atoms with E-state index in [2.05, 4.69) is 23.4 Å². The Morgan fingerprint density at radius 3 is 2.74 bits per heavy atom. The number of aryl methyl sites for hydroxylation is 3. The molecule has 122 valence electrons. The Bertz CT molecular complexity index is 719. The van der Waals surface area contributed by atoms with Crippen molar-refractivity contribution in [1.29, 1.82) is 0 Å². The number of halogens is 1. The summed E-state index contributed by atoms with van der Waals surface area (Å²) in [6, 6.07) is 9.72. The smallest absolute Gasteiger partial charge is 0.230 e. The van der Waals surface area contributed by atoms with E-state index in [9.17, 15) is 4.79 Å². The van der Waals surface area contributed by atoms with Crippen LogP contribution in [0.3, 0.4) is 0 Å². The highest BCUT2D eigenvalue weighted by Crippen LogP contribution is 2.48. The molecule has 5 heteroatoms. The summed E-state index contributed by atoms with van der Waals surface area (Å²) in [6.45, 7) is 5.54. The zero-order valence-corrected chi connectivity index (χ0v) is 14.4. The molecule has 1 aromatic carbocycles. The molecular weight excluding hydrogens is 310 g/mol. The van der Waals surface area contributed by atoms with Gasteiger partial charge in [-0.3, -0.25) is 9.48 Å². The van der Waals surface area contributed by atoms with Gasteiger partial charge in [0.15, 0.2) is 0 Å². The molecule has 0 unspecified atom stereocenters. The van der Waals surface area contributed by atoms with Gasteiger partial charge in [0.2, 0.25) is 5.91 Å². The first-order chi connectivity index (χ1) is 11.0. The lowest BCUT2D eigenvalue weighted by atomic mass is 9.95. The molecule has 1 fully saturated rings. The van der Waals surface area contributed by atoms with E-state index in [1.165, 1.54) is 0 Å². The molecule has 0 spiro atoms. The minimum absolute atomic E-state index is 0.119. The monoisotopic (exact) mass is 331 g/mol. The Hall–Kier alpha value is -1.81. The van der Waals surface area contributed by atoms with Crippen molar-refractivity contribution in [2.75, 3.05) is 6.54 Å². The minimum Gasteiger partial charge on any atom is -0.355 e. The predicted molar refractivity (Wildman–Crippen MR) is 91.7 cm³/mol. The van der Waals surface area contributed by atoms with Gasteiger partial charge in [-0.05, 0) is 56.9 Å². The van der Waals surface area contributed by atoms with Crippen LogP contribution in [0.2, 0.25) is 5.02 Å². The third kappa shape index (κ3) is 3.42. The quantitative estimate of drug-likeness (QED) is 0.825. The molecule has 4 nitrogen and oxygen atoms in total. The van der Waals surface area contributed by atoms with E-state index in [0.717, 1.165) is 42.8 Å². The zero-order chi connectivity index (χ0) is 16.4. The number of hydrogen-bond donors (Lipinski definition) is 1. The average molecular weight is 332 g/mol. The van der Waals surface area contributed by atoms with E-state index in [1.54, 1.807) is 0 Å². The van der Waals surface area contributed by atoms with E-state index >= 15 is 0 Å². The van der Waals surface area contributed by atoms with Gasteiger partial charge in [0.25, 0.3) is 0 Å². The summed E-state index contributed by atoms with van der Waals surface area (Å²) in [6.07, 6.45) is 2.67. The number of carbonyl (C=O) groups is 1. The van der Waals surface area contributed by atoms with Crippen LogP contribution < -0.4 is 5.32 Å². The summed E-state index contributed by atoms with van der Waals surface area (Å²) in [7, 11) is 0. The molecule has 2 aromatic rings. The van der Waals surface area contributed by atoms with Gasteiger partial charge in [0.05, 0.1) is 11.1 Å². The summed E-state index contributed by atoms with van der Waals surface area (Å²) >= 11 is 6.05. The molecule has 0 aliphatic heterocycles. The van der Waals surface area contributed by atoms with Crippen molar-refractivity contribution in [1.82, 2.24) is 15.1 Å². The van der Waals surface area contributed by atoms with Crippen LogP contribution in [-0.2, 0) is 16.8 Å². The van der Waals surface area contributed by atoms with Crippen LogP contribution in [0.5, 0.6) is 0 Å². The van der Waals surface area contributed by atoms with Crippen molar-refractivity contribution in [3.8, 4) is 0 Å². The van der Waals surface area contributed by atoms with Crippen molar-refractivity contribution in [2.24, 2.45) is 0 Å². The predicted octanol–water partition coefficient (Wildman–Crippen LogP) is 3.39. The molecule has 0 radical (unpaired) electrons. The molecule has 1 aromatic heterocycles. The highest BCUT2D eigenvalue weighted by Gasteiger charge is 2.51. The maximum Gasteiger partial charge on any atom is 0.230 e. The number of aromatic nitrogens is 2. The van der Waals surface area contributed by atoms with Crippen molar-refractivity contribution in [3.05, 3.63) is 52.3 Å². The van der Waals surface area contributed by atoms with Crippen LogP contribution in [0.15, 0.2) is 30.3 Å². The molecule has 23 heavy (non-hydrogen) atoms.